The number of carbonyl (C=O) groups is 2. The molecule has 0 bridgehead atoms. The molecule has 0 aromatic rings. The van der Waals surface area contributed by atoms with E-state index in [9.17, 15) is 9.59 Å². The fraction of sp³-hybridized carbons (Fsp3) is 0.818. The fourth-order valence-corrected chi connectivity index (χ4v) is 1.64. The van der Waals surface area contributed by atoms with Crippen LogP contribution in [0.5, 0.6) is 0 Å². The zero-order valence-electron chi connectivity index (χ0n) is 10.8. The third kappa shape index (κ3) is 5.04. The van der Waals surface area contributed by atoms with Crippen molar-refractivity contribution in [3.05, 3.63) is 0 Å². The van der Waals surface area contributed by atoms with E-state index in [2.05, 4.69) is 15.5 Å². The minimum atomic E-state index is -0.289. The third-order valence-electron chi connectivity index (χ3n) is 2.68. The fourth-order valence-electron chi connectivity index (χ4n) is 1.64. The van der Waals surface area contributed by atoms with Gasteiger partial charge < -0.3 is 20.4 Å². The Balaban J connectivity index is 2.23. The zero-order chi connectivity index (χ0) is 12.8. The first-order valence-corrected chi connectivity index (χ1v) is 5.99. The van der Waals surface area contributed by atoms with Gasteiger partial charge in [0.2, 0.25) is 5.91 Å². The molecule has 17 heavy (non-hydrogen) atoms. The maximum atomic E-state index is 11.8. The van der Waals surface area contributed by atoms with Crippen molar-refractivity contribution in [1.29, 1.82) is 0 Å². The molecule has 1 aliphatic heterocycles. The lowest BCUT2D eigenvalue weighted by atomic mass is 10.3. The Kier molecular flexibility index (Phi) is 5.21. The first-order chi connectivity index (χ1) is 7.99. The SMILES string of the molecule is CC(C)NC(=O)NCC(=O)N1CCN(C)CC1. The highest BCUT2D eigenvalue weighted by Gasteiger charge is 2.19. The lowest BCUT2D eigenvalue weighted by Crippen LogP contribution is -2.51. The monoisotopic (exact) mass is 242 g/mol. The van der Waals surface area contributed by atoms with Gasteiger partial charge in [0, 0.05) is 32.2 Å². The van der Waals surface area contributed by atoms with Gasteiger partial charge >= 0.3 is 6.03 Å². The van der Waals surface area contributed by atoms with Crippen molar-refractivity contribution in [2.75, 3.05) is 39.8 Å². The van der Waals surface area contributed by atoms with Crippen molar-refractivity contribution in [3.8, 4) is 0 Å². The highest BCUT2D eigenvalue weighted by Crippen LogP contribution is 1.98. The van der Waals surface area contributed by atoms with Crippen molar-refractivity contribution < 1.29 is 9.59 Å². The molecule has 1 aliphatic rings. The molecule has 1 fully saturated rings. The summed E-state index contributed by atoms with van der Waals surface area (Å²) in [5.74, 6) is -0.0167. The molecule has 1 saturated heterocycles. The predicted octanol–water partition coefficient (Wildman–Crippen LogP) is -0.532. The van der Waals surface area contributed by atoms with Crippen molar-refractivity contribution in [2.45, 2.75) is 19.9 Å². The Bertz CT molecular complexity index is 273. The van der Waals surface area contributed by atoms with Crippen LogP contribution in [-0.4, -0.2) is 67.6 Å². The molecule has 0 aliphatic carbocycles. The minimum Gasteiger partial charge on any atom is -0.339 e. The maximum absolute atomic E-state index is 11.8. The molecule has 0 aromatic heterocycles. The second-order valence-corrected chi connectivity index (χ2v) is 4.67. The molecular weight excluding hydrogens is 220 g/mol. The topological polar surface area (TPSA) is 64.7 Å². The van der Waals surface area contributed by atoms with Crippen LogP contribution in [-0.2, 0) is 4.79 Å². The summed E-state index contributed by atoms with van der Waals surface area (Å²) in [6.07, 6.45) is 0. The average molecular weight is 242 g/mol. The Labute approximate surface area is 102 Å². The van der Waals surface area contributed by atoms with Crippen LogP contribution in [0.4, 0.5) is 4.79 Å². The number of urea groups is 1. The van der Waals surface area contributed by atoms with Crippen LogP contribution in [0.25, 0.3) is 0 Å². The van der Waals surface area contributed by atoms with E-state index in [0.29, 0.717) is 0 Å². The van der Waals surface area contributed by atoms with Crippen LogP contribution in [0.15, 0.2) is 0 Å². The van der Waals surface area contributed by atoms with E-state index in [4.69, 9.17) is 0 Å². The summed E-state index contributed by atoms with van der Waals surface area (Å²) in [6, 6.07) is -0.212. The average Bonchev–Trinajstić information content (AvgIpc) is 2.26. The quantitative estimate of drug-likeness (QED) is 0.699. The predicted molar refractivity (Wildman–Crippen MR) is 65.7 cm³/mol. The van der Waals surface area contributed by atoms with E-state index >= 15 is 0 Å². The molecule has 6 heteroatoms. The van der Waals surface area contributed by atoms with Crippen molar-refractivity contribution in [1.82, 2.24) is 20.4 Å². The number of piperazine rings is 1. The lowest BCUT2D eigenvalue weighted by molar-refractivity contribution is -0.131. The summed E-state index contributed by atoms with van der Waals surface area (Å²) in [5, 5.41) is 5.25. The van der Waals surface area contributed by atoms with E-state index < -0.39 is 0 Å². The molecule has 1 heterocycles. The summed E-state index contributed by atoms with van der Waals surface area (Å²) in [7, 11) is 2.04. The van der Waals surface area contributed by atoms with E-state index in [-0.39, 0.29) is 24.5 Å². The Morgan fingerprint density at radius 3 is 2.29 bits per heavy atom. The summed E-state index contributed by atoms with van der Waals surface area (Å²) in [4.78, 5) is 27.0. The van der Waals surface area contributed by atoms with E-state index in [0.717, 1.165) is 26.2 Å². The van der Waals surface area contributed by atoms with Gasteiger partial charge in [0.1, 0.15) is 0 Å². The van der Waals surface area contributed by atoms with Gasteiger partial charge in [-0.25, -0.2) is 4.79 Å². The molecule has 6 nitrogen and oxygen atoms in total. The largest absolute Gasteiger partial charge is 0.339 e. The molecular formula is C11H22N4O2. The summed E-state index contributed by atoms with van der Waals surface area (Å²) >= 11 is 0. The maximum Gasteiger partial charge on any atom is 0.315 e. The molecule has 0 radical (unpaired) electrons. The van der Waals surface area contributed by atoms with Gasteiger partial charge in [-0.1, -0.05) is 0 Å². The number of hydrogen-bond acceptors (Lipinski definition) is 3. The number of amides is 3. The minimum absolute atomic E-state index is 0.0167. The molecule has 3 amide bonds. The molecule has 2 N–H and O–H groups in total. The standard InChI is InChI=1S/C11H22N4O2/c1-9(2)13-11(17)12-8-10(16)15-6-4-14(3)5-7-15/h9H,4-8H2,1-3H3,(H2,12,13,17). The molecule has 0 saturated carbocycles. The molecule has 0 unspecified atom stereocenters. The van der Waals surface area contributed by atoms with Gasteiger partial charge in [0.05, 0.1) is 6.54 Å². The molecule has 0 atom stereocenters. The number of nitrogens with one attached hydrogen (secondary N) is 2. The van der Waals surface area contributed by atoms with Gasteiger partial charge in [-0.05, 0) is 20.9 Å². The Morgan fingerprint density at radius 2 is 1.76 bits per heavy atom. The smallest absolute Gasteiger partial charge is 0.315 e. The normalized spacial score (nSPS) is 17.1. The van der Waals surface area contributed by atoms with Crippen LogP contribution in [0.3, 0.4) is 0 Å². The van der Waals surface area contributed by atoms with Crippen molar-refractivity contribution in [2.24, 2.45) is 0 Å². The number of nitrogens with zero attached hydrogens (tertiary/aromatic N) is 2. The Hall–Kier alpha value is -1.30. The third-order valence-corrected chi connectivity index (χ3v) is 2.68. The van der Waals surface area contributed by atoms with Gasteiger partial charge in [-0.2, -0.15) is 0 Å². The van der Waals surface area contributed by atoms with Gasteiger partial charge in [-0.3, -0.25) is 4.79 Å². The number of hydrogen-bond donors (Lipinski definition) is 2. The summed E-state index contributed by atoms with van der Waals surface area (Å²) < 4.78 is 0. The van der Waals surface area contributed by atoms with Gasteiger partial charge in [-0.15, -0.1) is 0 Å². The highest BCUT2D eigenvalue weighted by atomic mass is 16.2. The zero-order valence-corrected chi connectivity index (χ0v) is 10.8. The van der Waals surface area contributed by atoms with Crippen molar-refractivity contribution in [3.63, 3.8) is 0 Å². The van der Waals surface area contributed by atoms with Crippen molar-refractivity contribution >= 4 is 11.9 Å². The van der Waals surface area contributed by atoms with E-state index in [1.54, 1.807) is 4.90 Å². The molecule has 98 valence electrons. The number of rotatable bonds is 3. The van der Waals surface area contributed by atoms with Crippen LogP contribution in [0, 0.1) is 0 Å². The first kappa shape index (κ1) is 13.8. The highest BCUT2D eigenvalue weighted by molar-refractivity contribution is 5.84. The summed E-state index contributed by atoms with van der Waals surface area (Å²) in [5.41, 5.74) is 0. The molecule has 1 rings (SSSR count). The van der Waals surface area contributed by atoms with Crippen LogP contribution in [0.2, 0.25) is 0 Å². The summed E-state index contributed by atoms with van der Waals surface area (Å²) in [6.45, 7) is 7.09. The number of likely N-dealkylation sites (N-methyl/N-ethyl adjacent to an activating group) is 1. The molecule has 0 spiro atoms. The van der Waals surface area contributed by atoms with E-state index in [1.807, 2.05) is 20.9 Å². The van der Waals surface area contributed by atoms with Crippen LogP contribution < -0.4 is 10.6 Å². The Morgan fingerprint density at radius 1 is 1.18 bits per heavy atom. The van der Waals surface area contributed by atoms with Crippen LogP contribution >= 0.6 is 0 Å². The number of carbonyl (C=O) groups excluding carboxylic acids is 2. The van der Waals surface area contributed by atoms with Crippen LogP contribution in [0.1, 0.15) is 13.8 Å². The second kappa shape index (κ2) is 6.44. The lowest BCUT2D eigenvalue weighted by Gasteiger charge is -2.32. The molecule has 0 aromatic carbocycles. The second-order valence-electron chi connectivity index (χ2n) is 4.67. The van der Waals surface area contributed by atoms with Gasteiger partial charge in [0.15, 0.2) is 0 Å². The first-order valence-electron chi connectivity index (χ1n) is 5.99. The van der Waals surface area contributed by atoms with E-state index in [1.165, 1.54) is 0 Å². The van der Waals surface area contributed by atoms with Gasteiger partial charge in [0.25, 0.3) is 0 Å².